The highest BCUT2D eigenvalue weighted by molar-refractivity contribution is 5.55. The van der Waals surface area contributed by atoms with Crippen LogP contribution in [0.15, 0.2) is 6.07 Å². The van der Waals surface area contributed by atoms with Crippen LogP contribution in [0.1, 0.15) is 0 Å². The van der Waals surface area contributed by atoms with Crippen molar-refractivity contribution < 1.29 is 0 Å². The Bertz CT molecular complexity index is 464. The van der Waals surface area contributed by atoms with Crippen LogP contribution in [0.2, 0.25) is 0 Å². The number of nitrogens with zero attached hydrogens (tertiary/aromatic N) is 5. The van der Waals surface area contributed by atoms with Crippen molar-refractivity contribution in [1.29, 1.82) is 0 Å². The molecular weight excluding hydrogens is 254 g/mol. The van der Waals surface area contributed by atoms with Crippen molar-refractivity contribution >= 4 is 17.6 Å². The van der Waals surface area contributed by atoms with Crippen molar-refractivity contribution in [1.82, 2.24) is 20.2 Å². The van der Waals surface area contributed by atoms with Gasteiger partial charge in [0.05, 0.1) is 0 Å². The number of hydrogen-bond donors (Lipinski definition) is 2. The lowest BCUT2D eigenvalue weighted by Crippen LogP contribution is -2.57. The second-order valence-corrected chi connectivity index (χ2v) is 5.62. The van der Waals surface area contributed by atoms with E-state index in [9.17, 15) is 0 Å². The minimum Gasteiger partial charge on any atom is -0.368 e. The molecule has 3 rings (SSSR count). The van der Waals surface area contributed by atoms with Gasteiger partial charge in [0, 0.05) is 51.4 Å². The van der Waals surface area contributed by atoms with Crippen molar-refractivity contribution in [3.63, 3.8) is 0 Å². The van der Waals surface area contributed by atoms with Gasteiger partial charge in [-0.15, -0.1) is 0 Å². The molecule has 0 radical (unpaired) electrons. The highest BCUT2D eigenvalue weighted by atomic mass is 15.3. The van der Waals surface area contributed by atoms with Gasteiger partial charge in [0.2, 0.25) is 5.95 Å². The molecule has 7 nitrogen and oxygen atoms in total. The van der Waals surface area contributed by atoms with Gasteiger partial charge in [-0.2, -0.15) is 9.97 Å². The summed E-state index contributed by atoms with van der Waals surface area (Å²) in [5.74, 6) is 2.26. The maximum absolute atomic E-state index is 5.88. The summed E-state index contributed by atoms with van der Waals surface area (Å²) in [5.41, 5.74) is 5.88. The quantitative estimate of drug-likeness (QED) is 0.750. The molecule has 20 heavy (non-hydrogen) atoms. The lowest BCUT2D eigenvalue weighted by Gasteiger charge is -2.40. The molecule has 1 aromatic rings. The van der Waals surface area contributed by atoms with Crippen LogP contribution in [0, 0.1) is 0 Å². The predicted octanol–water partition coefficient (Wildman–Crippen LogP) is -0.781. The van der Waals surface area contributed by atoms with E-state index in [0.717, 1.165) is 50.9 Å². The number of hydrogen-bond acceptors (Lipinski definition) is 7. The van der Waals surface area contributed by atoms with Crippen LogP contribution in [0.3, 0.4) is 0 Å². The maximum Gasteiger partial charge on any atom is 0.223 e. The van der Waals surface area contributed by atoms with E-state index in [0.29, 0.717) is 12.0 Å². The molecule has 0 aliphatic carbocycles. The van der Waals surface area contributed by atoms with Gasteiger partial charge in [-0.1, -0.05) is 0 Å². The molecule has 1 aromatic heterocycles. The summed E-state index contributed by atoms with van der Waals surface area (Å²) in [5, 5.41) is 3.27. The van der Waals surface area contributed by atoms with Crippen LogP contribution in [0.25, 0.3) is 0 Å². The van der Waals surface area contributed by atoms with Crippen LogP contribution in [-0.2, 0) is 0 Å². The molecule has 110 valence electrons. The van der Waals surface area contributed by atoms with E-state index in [-0.39, 0.29) is 0 Å². The Balaban J connectivity index is 1.73. The zero-order valence-electron chi connectivity index (χ0n) is 12.2. The SMILES string of the molecule is CNC1CN(c2cc(N3CCN(C)CC3)nc(N)n2)C1. The first kappa shape index (κ1) is 13.4. The number of nitrogen functional groups attached to an aromatic ring is 1. The van der Waals surface area contributed by atoms with E-state index in [1.54, 1.807) is 0 Å². The molecular formula is C13H23N7. The predicted molar refractivity (Wildman–Crippen MR) is 81.2 cm³/mol. The normalized spacial score (nSPS) is 21.1. The largest absolute Gasteiger partial charge is 0.368 e. The zero-order valence-corrected chi connectivity index (χ0v) is 12.2. The van der Waals surface area contributed by atoms with Crippen LogP contribution < -0.4 is 20.9 Å². The molecule has 0 bridgehead atoms. The molecule has 2 aliphatic rings. The molecule has 0 saturated carbocycles. The monoisotopic (exact) mass is 277 g/mol. The van der Waals surface area contributed by atoms with Crippen molar-refractivity contribution in [3.8, 4) is 0 Å². The van der Waals surface area contributed by atoms with E-state index in [4.69, 9.17) is 5.73 Å². The molecule has 0 amide bonds. The number of rotatable bonds is 3. The number of nitrogens with two attached hydrogens (primary N) is 1. The summed E-state index contributed by atoms with van der Waals surface area (Å²) in [6, 6.07) is 2.62. The molecule has 7 heteroatoms. The van der Waals surface area contributed by atoms with E-state index >= 15 is 0 Å². The third-order valence-corrected chi connectivity index (χ3v) is 4.16. The van der Waals surface area contributed by atoms with Gasteiger partial charge in [-0.05, 0) is 14.1 Å². The maximum atomic E-state index is 5.88. The zero-order chi connectivity index (χ0) is 14.1. The van der Waals surface area contributed by atoms with Crippen molar-refractivity contribution in [3.05, 3.63) is 6.07 Å². The number of aromatic nitrogens is 2. The highest BCUT2D eigenvalue weighted by Gasteiger charge is 2.27. The number of piperazine rings is 1. The van der Waals surface area contributed by atoms with Crippen LogP contribution in [0.5, 0.6) is 0 Å². The highest BCUT2D eigenvalue weighted by Crippen LogP contribution is 2.24. The molecule has 0 unspecified atom stereocenters. The fourth-order valence-corrected chi connectivity index (χ4v) is 2.65. The van der Waals surface area contributed by atoms with Gasteiger partial charge in [-0.25, -0.2) is 0 Å². The van der Waals surface area contributed by atoms with Gasteiger partial charge in [-0.3, -0.25) is 0 Å². The minimum atomic E-state index is 0.365. The molecule has 2 aliphatic heterocycles. The van der Waals surface area contributed by atoms with E-state index in [1.807, 2.05) is 7.05 Å². The second-order valence-electron chi connectivity index (χ2n) is 5.62. The second kappa shape index (κ2) is 5.41. The number of anilines is 3. The van der Waals surface area contributed by atoms with Crippen molar-refractivity contribution in [2.45, 2.75) is 6.04 Å². The smallest absolute Gasteiger partial charge is 0.223 e. The Hall–Kier alpha value is -1.60. The fourth-order valence-electron chi connectivity index (χ4n) is 2.65. The summed E-state index contributed by atoms with van der Waals surface area (Å²) >= 11 is 0. The first-order valence-electron chi connectivity index (χ1n) is 7.16. The summed E-state index contributed by atoms with van der Waals surface area (Å²) in [4.78, 5) is 15.6. The number of nitrogens with one attached hydrogen (secondary N) is 1. The first-order chi connectivity index (χ1) is 9.65. The summed E-state index contributed by atoms with van der Waals surface area (Å²) in [7, 11) is 4.14. The third kappa shape index (κ3) is 2.64. The average Bonchev–Trinajstić information content (AvgIpc) is 2.37. The van der Waals surface area contributed by atoms with E-state index in [1.165, 1.54) is 0 Å². The van der Waals surface area contributed by atoms with E-state index < -0.39 is 0 Å². The molecule has 3 heterocycles. The van der Waals surface area contributed by atoms with Gasteiger partial charge in [0.25, 0.3) is 0 Å². The van der Waals surface area contributed by atoms with Crippen LogP contribution in [0.4, 0.5) is 17.6 Å². The first-order valence-corrected chi connectivity index (χ1v) is 7.16. The standard InChI is InChI=1S/C13H23N7/c1-15-10-8-20(9-10)12-7-11(16-13(14)17-12)19-5-3-18(2)4-6-19/h7,10,15H,3-6,8-9H2,1-2H3,(H2,14,16,17). The molecule has 3 N–H and O–H groups in total. The molecule has 0 atom stereocenters. The van der Waals surface area contributed by atoms with Crippen molar-refractivity contribution in [2.24, 2.45) is 0 Å². The lowest BCUT2D eigenvalue weighted by molar-refractivity contribution is 0.312. The Morgan fingerprint density at radius 3 is 2.30 bits per heavy atom. The van der Waals surface area contributed by atoms with Gasteiger partial charge < -0.3 is 25.8 Å². The van der Waals surface area contributed by atoms with Crippen molar-refractivity contribution in [2.75, 3.05) is 68.9 Å². The Labute approximate surface area is 119 Å². The summed E-state index contributed by atoms with van der Waals surface area (Å²) in [6.07, 6.45) is 0. The Morgan fingerprint density at radius 1 is 1.10 bits per heavy atom. The average molecular weight is 277 g/mol. The molecule has 0 spiro atoms. The van der Waals surface area contributed by atoms with Crippen LogP contribution in [-0.4, -0.2) is 74.3 Å². The summed E-state index contributed by atoms with van der Waals surface area (Å²) < 4.78 is 0. The minimum absolute atomic E-state index is 0.365. The topological polar surface area (TPSA) is 73.5 Å². The van der Waals surface area contributed by atoms with Gasteiger partial charge in [0.1, 0.15) is 11.6 Å². The summed E-state index contributed by atoms with van der Waals surface area (Å²) in [6.45, 7) is 6.07. The number of likely N-dealkylation sites (N-methyl/N-ethyl adjacent to an activating group) is 2. The Kier molecular flexibility index (Phi) is 3.62. The van der Waals surface area contributed by atoms with Gasteiger partial charge >= 0.3 is 0 Å². The van der Waals surface area contributed by atoms with Gasteiger partial charge in [0.15, 0.2) is 0 Å². The fraction of sp³-hybridized carbons (Fsp3) is 0.692. The Morgan fingerprint density at radius 2 is 1.70 bits per heavy atom. The molecule has 0 aromatic carbocycles. The van der Waals surface area contributed by atoms with E-state index in [2.05, 4.69) is 43.1 Å². The van der Waals surface area contributed by atoms with Crippen LogP contribution >= 0.6 is 0 Å². The lowest BCUT2D eigenvalue weighted by atomic mass is 10.1. The molecule has 2 saturated heterocycles. The molecule has 2 fully saturated rings. The third-order valence-electron chi connectivity index (χ3n) is 4.16.